The fourth-order valence-electron chi connectivity index (χ4n) is 1.89. The van der Waals surface area contributed by atoms with Crippen LogP contribution in [0.15, 0.2) is 22.5 Å². The number of guanidine groups is 1. The van der Waals surface area contributed by atoms with E-state index in [1.807, 2.05) is 27.7 Å². The molecule has 144 valence electrons. The molecule has 0 bridgehead atoms. The van der Waals surface area contributed by atoms with Gasteiger partial charge < -0.3 is 20.7 Å². The standard InChI is InChI=1S/C17H30N4O2S.HI/c1-6-18-15(21-12-13(2)14-8-7-11-24-14)19-9-10-20-16(22)23-17(3,4)5;/h7-8,11,13H,6,9-10,12H2,1-5H3,(H,20,22)(H2,18,19,21);1H. The highest BCUT2D eigenvalue weighted by molar-refractivity contribution is 14.0. The van der Waals surface area contributed by atoms with Crippen molar-refractivity contribution in [3.63, 3.8) is 0 Å². The smallest absolute Gasteiger partial charge is 0.407 e. The monoisotopic (exact) mass is 482 g/mol. The average molecular weight is 482 g/mol. The number of amides is 1. The molecule has 1 heterocycles. The van der Waals surface area contributed by atoms with Gasteiger partial charge in [0.2, 0.25) is 0 Å². The van der Waals surface area contributed by atoms with Gasteiger partial charge in [-0.2, -0.15) is 0 Å². The topological polar surface area (TPSA) is 74.8 Å². The molecule has 0 saturated carbocycles. The van der Waals surface area contributed by atoms with E-state index in [4.69, 9.17) is 4.74 Å². The number of hydrogen-bond donors (Lipinski definition) is 3. The molecule has 1 atom stereocenters. The maximum Gasteiger partial charge on any atom is 0.407 e. The summed E-state index contributed by atoms with van der Waals surface area (Å²) in [6, 6.07) is 4.20. The Kier molecular flexibility index (Phi) is 11.8. The maximum atomic E-state index is 11.6. The largest absolute Gasteiger partial charge is 0.444 e. The molecule has 1 unspecified atom stereocenters. The Hall–Kier alpha value is -1.03. The summed E-state index contributed by atoms with van der Waals surface area (Å²) in [5, 5.41) is 11.2. The lowest BCUT2D eigenvalue weighted by atomic mass is 10.1. The van der Waals surface area contributed by atoms with Gasteiger partial charge in [0.25, 0.3) is 0 Å². The number of aliphatic imine (C=N–C) groups is 1. The van der Waals surface area contributed by atoms with Crippen LogP contribution in [0.3, 0.4) is 0 Å². The second-order valence-corrected chi connectivity index (χ2v) is 7.47. The van der Waals surface area contributed by atoms with Gasteiger partial charge in [0.1, 0.15) is 5.60 Å². The Bertz CT molecular complexity index is 515. The number of carbonyl (C=O) groups is 1. The van der Waals surface area contributed by atoms with E-state index in [0.717, 1.165) is 19.0 Å². The molecule has 8 heteroatoms. The third-order valence-corrected chi connectivity index (χ3v) is 4.09. The molecule has 0 saturated heterocycles. The van der Waals surface area contributed by atoms with Crippen molar-refractivity contribution in [3.05, 3.63) is 22.4 Å². The van der Waals surface area contributed by atoms with Gasteiger partial charge in [0.15, 0.2) is 5.96 Å². The number of halogens is 1. The highest BCUT2D eigenvalue weighted by Crippen LogP contribution is 2.20. The lowest BCUT2D eigenvalue weighted by Crippen LogP contribution is -2.42. The Balaban J connectivity index is 0.00000576. The van der Waals surface area contributed by atoms with Crippen LogP contribution in [0, 0.1) is 0 Å². The van der Waals surface area contributed by atoms with Crippen LogP contribution in [-0.4, -0.2) is 43.8 Å². The summed E-state index contributed by atoms with van der Waals surface area (Å²) in [5.74, 6) is 1.15. The Morgan fingerprint density at radius 3 is 2.52 bits per heavy atom. The lowest BCUT2D eigenvalue weighted by Gasteiger charge is -2.20. The molecular formula is C17H31IN4O2S. The number of carbonyl (C=O) groups excluding carboxylic acids is 1. The highest BCUT2D eigenvalue weighted by atomic mass is 127. The van der Waals surface area contributed by atoms with Crippen molar-refractivity contribution in [1.82, 2.24) is 16.0 Å². The fourth-order valence-corrected chi connectivity index (χ4v) is 2.67. The van der Waals surface area contributed by atoms with Crippen molar-refractivity contribution < 1.29 is 9.53 Å². The predicted octanol–water partition coefficient (Wildman–Crippen LogP) is 3.55. The Morgan fingerprint density at radius 1 is 1.28 bits per heavy atom. The third-order valence-electron chi connectivity index (χ3n) is 2.98. The van der Waals surface area contributed by atoms with Crippen molar-refractivity contribution in [2.75, 3.05) is 26.2 Å². The molecule has 0 aliphatic heterocycles. The minimum Gasteiger partial charge on any atom is -0.444 e. The number of nitrogens with zero attached hydrogens (tertiary/aromatic N) is 1. The zero-order valence-corrected chi connectivity index (χ0v) is 18.9. The Morgan fingerprint density at radius 2 is 1.96 bits per heavy atom. The molecule has 0 aromatic carbocycles. The van der Waals surface area contributed by atoms with E-state index in [1.54, 1.807) is 11.3 Å². The van der Waals surface area contributed by atoms with Crippen molar-refractivity contribution in [2.45, 2.75) is 46.1 Å². The second-order valence-electron chi connectivity index (χ2n) is 6.49. The number of alkyl carbamates (subject to hydrolysis) is 1. The molecule has 0 aliphatic carbocycles. The fraction of sp³-hybridized carbons (Fsp3) is 0.647. The van der Waals surface area contributed by atoms with Crippen LogP contribution < -0.4 is 16.0 Å². The second kappa shape index (κ2) is 12.3. The number of hydrogen-bond acceptors (Lipinski definition) is 4. The summed E-state index contributed by atoms with van der Waals surface area (Å²) in [4.78, 5) is 17.5. The molecule has 25 heavy (non-hydrogen) atoms. The third kappa shape index (κ3) is 11.2. The quantitative estimate of drug-likeness (QED) is 0.241. The molecular weight excluding hydrogens is 451 g/mol. The van der Waals surface area contributed by atoms with E-state index in [9.17, 15) is 4.79 Å². The van der Waals surface area contributed by atoms with Crippen LogP contribution in [0.5, 0.6) is 0 Å². The van der Waals surface area contributed by atoms with Crippen molar-refractivity contribution in [2.24, 2.45) is 4.99 Å². The summed E-state index contributed by atoms with van der Waals surface area (Å²) < 4.78 is 5.19. The summed E-state index contributed by atoms with van der Waals surface area (Å²) in [6.07, 6.45) is -0.405. The van der Waals surface area contributed by atoms with Gasteiger partial charge in [-0.3, -0.25) is 4.99 Å². The first kappa shape index (κ1) is 24.0. The molecule has 1 aromatic heterocycles. The lowest BCUT2D eigenvalue weighted by molar-refractivity contribution is 0.0529. The first-order valence-corrected chi connectivity index (χ1v) is 9.22. The van der Waals surface area contributed by atoms with Crippen LogP contribution >= 0.6 is 35.3 Å². The number of ether oxygens (including phenoxy) is 1. The van der Waals surface area contributed by atoms with Crippen molar-refractivity contribution >= 4 is 47.4 Å². The van der Waals surface area contributed by atoms with Crippen molar-refractivity contribution in [1.29, 1.82) is 0 Å². The maximum absolute atomic E-state index is 11.6. The van der Waals surface area contributed by atoms with Crippen molar-refractivity contribution in [3.8, 4) is 0 Å². The molecule has 0 fully saturated rings. The van der Waals surface area contributed by atoms with Gasteiger partial charge >= 0.3 is 6.09 Å². The predicted molar refractivity (Wildman–Crippen MR) is 116 cm³/mol. The number of thiophene rings is 1. The van der Waals surface area contributed by atoms with Crippen LogP contribution in [0.25, 0.3) is 0 Å². The summed E-state index contributed by atoms with van der Waals surface area (Å²) >= 11 is 1.75. The number of rotatable bonds is 7. The van der Waals surface area contributed by atoms with E-state index < -0.39 is 11.7 Å². The van der Waals surface area contributed by atoms with Gasteiger partial charge in [-0.05, 0) is 39.1 Å². The van der Waals surface area contributed by atoms with E-state index in [1.165, 1.54) is 4.88 Å². The molecule has 0 spiro atoms. The van der Waals surface area contributed by atoms with E-state index in [2.05, 4.69) is 45.4 Å². The van der Waals surface area contributed by atoms with Gasteiger partial charge in [0.05, 0.1) is 6.54 Å². The molecule has 0 aliphatic rings. The van der Waals surface area contributed by atoms with E-state index >= 15 is 0 Å². The first-order chi connectivity index (χ1) is 11.3. The zero-order chi connectivity index (χ0) is 18.0. The van der Waals surface area contributed by atoms with Gasteiger partial charge in [-0.25, -0.2) is 4.79 Å². The average Bonchev–Trinajstić information content (AvgIpc) is 3.01. The van der Waals surface area contributed by atoms with Gasteiger partial charge in [-0.1, -0.05) is 13.0 Å². The van der Waals surface area contributed by atoms with Crippen LogP contribution in [-0.2, 0) is 4.74 Å². The number of nitrogens with one attached hydrogen (secondary N) is 3. The normalized spacial score (nSPS) is 12.8. The molecule has 0 radical (unpaired) electrons. The van der Waals surface area contributed by atoms with Crippen LogP contribution in [0.4, 0.5) is 4.79 Å². The highest BCUT2D eigenvalue weighted by Gasteiger charge is 2.15. The zero-order valence-electron chi connectivity index (χ0n) is 15.7. The first-order valence-electron chi connectivity index (χ1n) is 8.34. The summed E-state index contributed by atoms with van der Waals surface area (Å²) in [5.41, 5.74) is -0.480. The SMILES string of the molecule is CCNC(=NCC(C)c1cccs1)NCCNC(=O)OC(C)(C)C.I. The minimum atomic E-state index is -0.480. The van der Waals surface area contributed by atoms with Crippen LogP contribution in [0.2, 0.25) is 0 Å². The minimum absolute atomic E-state index is 0. The molecule has 1 aromatic rings. The molecule has 3 N–H and O–H groups in total. The molecule has 1 rings (SSSR count). The summed E-state index contributed by atoms with van der Waals surface area (Å²) in [7, 11) is 0. The summed E-state index contributed by atoms with van der Waals surface area (Å²) in [6.45, 7) is 12.3. The van der Waals surface area contributed by atoms with Gasteiger partial charge in [-0.15, -0.1) is 35.3 Å². The van der Waals surface area contributed by atoms with E-state index in [0.29, 0.717) is 19.0 Å². The molecule has 1 amide bonds. The molecule has 6 nitrogen and oxygen atoms in total. The van der Waals surface area contributed by atoms with Gasteiger partial charge in [0, 0.05) is 30.4 Å². The van der Waals surface area contributed by atoms with E-state index in [-0.39, 0.29) is 24.0 Å². The van der Waals surface area contributed by atoms with Crippen LogP contribution in [0.1, 0.15) is 45.4 Å². The Labute approximate surface area is 172 Å².